The van der Waals surface area contributed by atoms with Crippen LogP contribution in [0.5, 0.6) is 0 Å². The molecular formula is C21H21N3O3. The normalized spacial score (nSPS) is 16.5. The molecule has 0 spiro atoms. The predicted octanol–water partition coefficient (Wildman–Crippen LogP) is 2.63. The molecule has 1 aliphatic heterocycles. The van der Waals surface area contributed by atoms with Crippen molar-refractivity contribution >= 4 is 16.8 Å². The Kier molecular flexibility index (Phi) is 4.98. The molecular weight excluding hydrogens is 342 g/mol. The van der Waals surface area contributed by atoms with E-state index in [9.17, 15) is 9.59 Å². The minimum atomic E-state index is -0.416. The zero-order valence-corrected chi connectivity index (χ0v) is 14.9. The quantitative estimate of drug-likeness (QED) is 0.756. The fraction of sp³-hybridized carbons (Fsp3) is 0.286. The minimum absolute atomic E-state index is 0.0628. The molecule has 1 amide bonds. The monoisotopic (exact) mass is 363 g/mol. The Labute approximate surface area is 156 Å². The van der Waals surface area contributed by atoms with Gasteiger partial charge in [-0.1, -0.05) is 42.5 Å². The fourth-order valence-electron chi connectivity index (χ4n) is 3.38. The molecule has 27 heavy (non-hydrogen) atoms. The van der Waals surface area contributed by atoms with Gasteiger partial charge in [-0.3, -0.25) is 9.59 Å². The summed E-state index contributed by atoms with van der Waals surface area (Å²) < 4.78 is 5.58. The lowest BCUT2D eigenvalue weighted by Gasteiger charge is -2.25. The summed E-state index contributed by atoms with van der Waals surface area (Å²) in [5.74, 6) is 0.410. The summed E-state index contributed by atoms with van der Waals surface area (Å²) in [5.41, 5.74) is 1.45. The molecule has 0 aliphatic carbocycles. The summed E-state index contributed by atoms with van der Waals surface area (Å²) >= 11 is 0. The third-order valence-electron chi connectivity index (χ3n) is 4.74. The van der Waals surface area contributed by atoms with E-state index in [0.29, 0.717) is 29.9 Å². The van der Waals surface area contributed by atoms with Gasteiger partial charge < -0.3 is 14.6 Å². The summed E-state index contributed by atoms with van der Waals surface area (Å²) in [6.45, 7) is 1.28. The second-order valence-electron chi connectivity index (χ2n) is 6.71. The summed E-state index contributed by atoms with van der Waals surface area (Å²) in [7, 11) is 0. The van der Waals surface area contributed by atoms with Crippen molar-refractivity contribution in [2.24, 2.45) is 0 Å². The van der Waals surface area contributed by atoms with Gasteiger partial charge in [0.25, 0.3) is 11.5 Å². The van der Waals surface area contributed by atoms with Gasteiger partial charge in [0, 0.05) is 13.2 Å². The number of H-pyrrole nitrogens is 1. The molecule has 2 heterocycles. The van der Waals surface area contributed by atoms with Crippen LogP contribution >= 0.6 is 0 Å². The Morgan fingerprint density at radius 1 is 1.11 bits per heavy atom. The Morgan fingerprint density at radius 2 is 1.89 bits per heavy atom. The Bertz CT molecular complexity index is 994. The number of ether oxygens (including phenoxy) is 1. The van der Waals surface area contributed by atoms with E-state index in [0.717, 1.165) is 18.4 Å². The minimum Gasteiger partial charge on any atom is -0.368 e. The summed E-state index contributed by atoms with van der Waals surface area (Å²) in [6.07, 6.45) is 1.20. The Morgan fingerprint density at radius 3 is 2.67 bits per heavy atom. The number of benzene rings is 2. The smallest absolute Gasteiger partial charge is 0.258 e. The number of fused-ring (bicyclic) bond motifs is 1. The fourth-order valence-corrected chi connectivity index (χ4v) is 3.38. The van der Waals surface area contributed by atoms with Crippen molar-refractivity contribution in [2.45, 2.75) is 32.0 Å². The first-order chi connectivity index (χ1) is 13.2. The maximum Gasteiger partial charge on any atom is 0.258 e. The van der Waals surface area contributed by atoms with E-state index >= 15 is 0 Å². The second-order valence-corrected chi connectivity index (χ2v) is 6.71. The number of hydrogen-bond acceptors (Lipinski definition) is 4. The number of amides is 1. The van der Waals surface area contributed by atoms with E-state index in [1.165, 1.54) is 0 Å². The molecule has 0 unspecified atom stereocenters. The standard InChI is InChI=1S/C21H21N3O3/c25-20-16-9-4-5-10-17(16)22-19(23-20)14-24(13-15-7-2-1-3-8-15)21(26)18-11-6-12-27-18/h1-5,7-10,18H,6,11-14H2,(H,22,23,25)/t18-/m0/s1. The highest BCUT2D eigenvalue weighted by atomic mass is 16.5. The number of aromatic nitrogens is 2. The molecule has 1 N–H and O–H groups in total. The lowest BCUT2D eigenvalue weighted by molar-refractivity contribution is -0.142. The van der Waals surface area contributed by atoms with Crippen LogP contribution in [0.2, 0.25) is 0 Å². The van der Waals surface area contributed by atoms with Gasteiger partial charge in [-0.25, -0.2) is 4.98 Å². The van der Waals surface area contributed by atoms with Gasteiger partial charge in [-0.2, -0.15) is 0 Å². The zero-order chi connectivity index (χ0) is 18.6. The molecule has 6 nitrogen and oxygen atoms in total. The summed E-state index contributed by atoms with van der Waals surface area (Å²) in [5, 5.41) is 0.543. The van der Waals surface area contributed by atoms with Crippen molar-refractivity contribution in [3.8, 4) is 0 Å². The van der Waals surface area contributed by atoms with Crippen LogP contribution in [0.3, 0.4) is 0 Å². The Balaban J connectivity index is 1.63. The van der Waals surface area contributed by atoms with E-state index in [1.807, 2.05) is 42.5 Å². The van der Waals surface area contributed by atoms with Gasteiger partial charge in [-0.05, 0) is 30.5 Å². The first-order valence-corrected chi connectivity index (χ1v) is 9.13. The second kappa shape index (κ2) is 7.72. The largest absolute Gasteiger partial charge is 0.368 e. The SMILES string of the molecule is O=C([C@@H]1CCCO1)N(Cc1ccccc1)Cc1nc2ccccc2c(=O)[nH]1. The van der Waals surface area contributed by atoms with Crippen LogP contribution in [-0.4, -0.2) is 33.5 Å². The number of rotatable bonds is 5. The van der Waals surface area contributed by atoms with E-state index in [-0.39, 0.29) is 18.0 Å². The maximum atomic E-state index is 13.0. The summed E-state index contributed by atoms with van der Waals surface area (Å²) in [4.78, 5) is 34.4. The van der Waals surface area contributed by atoms with Gasteiger partial charge in [0.1, 0.15) is 11.9 Å². The maximum absolute atomic E-state index is 13.0. The molecule has 1 aliphatic rings. The van der Waals surface area contributed by atoms with Crippen molar-refractivity contribution in [3.05, 3.63) is 76.3 Å². The van der Waals surface area contributed by atoms with Gasteiger partial charge >= 0.3 is 0 Å². The van der Waals surface area contributed by atoms with Crippen LogP contribution in [-0.2, 0) is 22.6 Å². The number of nitrogens with one attached hydrogen (secondary N) is 1. The van der Waals surface area contributed by atoms with Crippen molar-refractivity contribution < 1.29 is 9.53 Å². The van der Waals surface area contributed by atoms with Gasteiger partial charge in [0.2, 0.25) is 0 Å². The molecule has 4 rings (SSSR count). The van der Waals surface area contributed by atoms with E-state index in [2.05, 4.69) is 9.97 Å². The third kappa shape index (κ3) is 3.90. The van der Waals surface area contributed by atoms with Crippen molar-refractivity contribution in [2.75, 3.05) is 6.61 Å². The van der Waals surface area contributed by atoms with Crippen LogP contribution in [0.25, 0.3) is 10.9 Å². The van der Waals surface area contributed by atoms with Crippen LogP contribution < -0.4 is 5.56 Å². The van der Waals surface area contributed by atoms with Gasteiger partial charge in [0.05, 0.1) is 17.4 Å². The van der Waals surface area contributed by atoms with Crippen molar-refractivity contribution in [1.82, 2.24) is 14.9 Å². The molecule has 0 saturated carbocycles. The number of nitrogens with zero attached hydrogens (tertiary/aromatic N) is 2. The van der Waals surface area contributed by atoms with Crippen molar-refractivity contribution in [3.63, 3.8) is 0 Å². The third-order valence-corrected chi connectivity index (χ3v) is 4.74. The Hall–Kier alpha value is -2.99. The highest BCUT2D eigenvalue weighted by Crippen LogP contribution is 2.18. The van der Waals surface area contributed by atoms with Crippen molar-refractivity contribution in [1.29, 1.82) is 0 Å². The number of para-hydroxylation sites is 1. The highest BCUT2D eigenvalue weighted by Gasteiger charge is 2.29. The van der Waals surface area contributed by atoms with Crippen LogP contribution in [0.4, 0.5) is 0 Å². The number of aromatic amines is 1. The molecule has 1 fully saturated rings. The first kappa shape index (κ1) is 17.4. The van der Waals surface area contributed by atoms with Crippen LogP contribution in [0, 0.1) is 0 Å². The van der Waals surface area contributed by atoms with Gasteiger partial charge in [0.15, 0.2) is 0 Å². The lowest BCUT2D eigenvalue weighted by atomic mass is 10.1. The number of hydrogen-bond donors (Lipinski definition) is 1. The molecule has 1 atom stereocenters. The average Bonchev–Trinajstić information content (AvgIpc) is 3.23. The molecule has 1 saturated heterocycles. The molecule has 1 aromatic heterocycles. The first-order valence-electron chi connectivity index (χ1n) is 9.13. The average molecular weight is 363 g/mol. The van der Waals surface area contributed by atoms with E-state index in [4.69, 9.17) is 4.74 Å². The predicted molar refractivity (Wildman–Crippen MR) is 102 cm³/mol. The number of carbonyl (C=O) groups is 1. The molecule has 6 heteroatoms. The van der Waals surface area contributed by atoms with E-state index in [1.54, 1.807) is 17.0 Å². The lowest BCUT2D eigenvalue weighted by Crippen LogP contribution is -2.38. The molecule has 138 valence electrons. The number of carbonyl (C=O) groups excluding carboxylic acids is 1. The zero-order valence-electron chi connectivity index (χ0n) is 14.9. The van der Waals surface area contributed by atoms with Crippen LogP contribution in [0.15, 0.2) is 59.4 Å². The topological polar surface area (TPSA) is 75.3 Å². The molecule has 2 aromatic carbocycles. The van der Waals surface area contributed by atoms with E-state index < -0.39 is 6.10 Å². The summed E-state index contributed by atoms with van der Waals surface area (Å²) in [6, 6.07) is 17.0. The molecule has 0 radical (unpaired) electrons. The highest BCUT2D eigenvalue weighted by molar-refractivity contribution is 5.81. The van der Waals surface area contributed by atoms with Crippen LogP contribution in [0.1, 0.15) is 24.2 Å². The molecule has 3 aromatic rings. The van der Waals surface area contributed by atoms with Gasteiger partial charge in [-0.15, -0.1) is 0 Å². The molecule has 0 bridgehead atoms.